The summed E-state index contributed by atoms with van der Waals surface area (Å²) < 4.78 is 0. The van der Waals surface area contributed by atoms with Gasteiger partial charge in [-0.25, -0.2) is 0 Å². The van der Waals surface area contributed by atoms with Crippen molar-refractivity contribution in [3.05, 3.63) is 56.8 Å². The van der Waals surface area contributed by atoms with Crippen LogP contribution in [0.1, 0.15) is 13.8 Å². The van der Waals surface area contributed by atoms with E-state index < -0.39 is 22.2 Å². The molecule has 2 N–H and O–H groups in total. The Kier molecular flexibility index (Phi) is 5.46. The Morgan fingerprint density at radius 3 is 2.50 bits per heavy atom. The summed E-state index contributed by atoms with van der Waals surface area (Å²) in [6.07, 6.45) is 3.11. The van der Waals surface area contributed by atoms with E-state index in [1.807, 2.05) is 0 Å². The van der Waals surface area contributed by atoms with Gasteiger partial charge in [0.2, 0.25) is 5.88 Å². The summed E-state index contributed by atoms with van der Waals surface area (Å²) in [5.41, 5.74) is -0.860. The minimum atomic E-state index is -1.10. The van der Waals surface area contributed by atoms with E-state index in [9.17, 15) is 25.1 Å². The van der Waals surface area contributed by atoms with Gasteiger partial charge in [-0.2, -0.15) is 5.26 Å². The van der Waals surface area contributed by atoms with Crippen molar-refractivity contribution in [2.75, 3.05) is 13.1 Å². The van der Waals surface area contributed by atoms with Gasteiger partial charge < -0.3 is 15.1 Å². The lowest BCUT2D eigenvalue weighted by atomic mass is 10.0. The maximum absolute atomic E-state index is 11.4. The average molecular weight is 305 g/mol. The summed E-state index contributed by atoms with van der Waals surface area (Å²) in [4.78, 5) is 22.8. The normalized spacial score (nSPS) is 17.3. The number of rotatable bonds is 5. The Balaban J connectivity index is 3.36. The van der Waals surface area contributed by atoms with E-state index in [0.717, 1.165) is 12.2 Å². The molecule has 0 amide bonds. The van der Waals surface area contributed by atoms with E-state index in [-0.39, 0.29) is 17.0 Å². The molecular weight excluding hydrogens is 290 g/mol. The Bertz CT molecular complexity index is 660. The molecule has 0 saturated heterocycles. The van der Waals surface area contributed by atoms with E-state index in [2.05, 4.69) is 0 Å². The molecule has 22 heavy (non-hydrogen) atoms. The summed E-state index contributed by atoms with van der Waals surface area (Å²) in [6, 6.07) is 1.78. The first-order valence-electron chi connectivity index (χ1n) is 6.47. The second-order valence-electron chi connectivity index (χ2n) is 4.31. The summed E-state index contributed by atoms with van der Waals surface area (Å²) in [6.45, 7) is 4.51. The summed E-state index contributed by atoms with van der Waals surface area (Å²) in [5, 5.41) is 39.4. The maximum Gasteiger partial charge on any atom is 0.320 e. The number of hydrogen-bond donors (Lipinski definition) is 2. The number of carbonyl (C=O) groups is 1. The first kappa shape index (κ1) is 17.0. The summed E-state index contributed by atoms with van der Waals surface area (Å²) in [7, 11) is 0. The van der Waals surface area contributed by atoms with Gasteiger partial charge in [-0.05, 0) is 31.6 Å². The number of hydrogen-bond acceptors (Lipinski definition) is 7. The van der Waals surface area contributed by atoms with Gasteiger partial charge in [-0.3, -0.25) is 14.9 Å². The van der Waals surface area contributed by atoms with Crippen molar-refractivity contribution in [2.24, 2.45) is 0 Å². The lowest BCUT2D eigenvalue weighted by Gasteiger charge is -2.20. The Morgan fingerprint density at radius 1 is 1.45 bits per heavy atom. The fourth-order valence-corrected chi connectivity index (χ4v) is 1.85. The molecule has 0 aromatic heterocycles. The van der Waals surface area contributed by atoms with Crippen LogP contribution in [0.25, 0.3) is 0 Å². The number of Topliss-reactive ketones (excluding diaryl/α,β-unsaturated/α-hetero) is 1. The minimum Gasteiger partial charge on any atom is -0.504 e. The Hall–Kier alpha value is -3.08. The largest absolute Gasteiger partial charge is 0.504 e. The summed E-state index contributed by atoms with van der Waals surface area (Å²) >= 11 is 0. The second kappa shape index (κ2) is 7.08. The average Bonchev–Trinajstić information content (AvgIpc) is 2.48. The molecule has 0 bridgehead atoms. The third-order valence-electron chi connectivity index (χ3n) is 3.00. The van der Waals surface area contributed by atoms with Crippen LogP contribution in [-0.2, 0) is 4.79 Å². The van der Waals surface area contributed by atoms with Gasteiger partial charge in [-0.15, -0.1) is 0 Å². The first-order chi connectivity index (χ1) is 10.3. The molecule has 8 nitrogen and oxygen atoms in total. The minimum absolute atomic E-state index is 0.0686. The molecule has 0 heterocycles. The first-order valence-corrected chi connectivity index (χ1v) is 6.47. The monoisotopic (exact) mass is 305 g/mol. The molecule has 8 heteroatoms. The Labute approximate surface area is 126 Å². The number of ketones is 1. The van der Waals surface area contributed by atoms with Crippen LogP contribution < -0.4 is 0 Å². The standard InChI is InChI=1S/C14H15N3O5/c1-3-16(4-2)14(20)10(8-15)5-9-6-11(17(21)22)13(19)12(18)7-9/h5-7,18,20H,3-4H2,1-2H3/b9-5-,14-10+. The zero-order chi connectivity index (χ0) is 16.9. The lowest BCUT2D eigenvalue weighted by Crippen LogP contribution is -2.23. The van der Waals surface area contributed by atoms with Gasteiger partial charge in [0.05, 0.1) is 4.92 Å². The maximum atomic E-state index is 11.4. The van der Waals surface area contributed by atoms with Crippen molar-refractivity contribution < 1.29 is 19.9 Å². The van der Waals surface area contributed by atoms with E-state index >= 15 is 0 Å². The van der Waals surface area contributed by atoms with E-state index in [1.54, 1.807) is 19.9 Å². The van der Waals surface area contributed by atoms with E-state index in [4.69, 9.17) is 5.26 Å². The van der Waals surface area contributed by atoms with Crippen molar-refractivity contribution in [3.63, 3.8) is 0 Å². The highest BCUT2D eigenvalue weighted by atomic mass is 16.6. The van der Waals surface area contributed by atoms with Gasteiger partial charge in [0.1, 0.15) is 11.6 Å². The third kappa shape index (κ3) is 3.52. The fourth-order valence-electron chi connectivity index (χ4n) is 1.85. The molecule has 0 atom stereocenters. The van der Waals surface area contributed by atoms with Crippen LogP contribution in [0.3, 0.4) is 0 Å². The highest BCUT2D eigenvalue weighted by Gasteiger charge is 2.29. The molecule has 0 fully saturated rings. The SMILES string of the molecule is CCN(CC)/C(O)=C(C#N)/C=C1\C=C(O)C(=O)C([N+](=O)[O-])=C1. The molecule has 0 radical (unpaired) electrons. The molecule has 0 aliphatic heterocycles. The van der Waals surface area contributed by atoms with Gasteiger partial charge >= 0.3 is 5.70 Å². The van der Waals surface area contributed by atoms with Crippen LogP contribution >= 0.6 is 0 Å². The smallest absolute Gasteiger partial charge is 0.320 e. The van der Waals surface area contributed by atoms with Gasteiger partial charge in [0, 0.05) is 19.2 Å². The zero-order valence-electron chi connectivity index (χ0n) is 12.1. The fraction of sp³-hybridized carbons (Fsp3) is 0.286. The topological polar surface area (TPSA) is 128 Å². The van der Waals surface area contributed by atoms with Crippen molar-refractivity contribution in [1.82, 2.24) is 4.90 Å². The molecule has 0 spiro atoms. The van der Waals surface area contributed by atoms with Gasteiger partial charge in [0.15, 0.2) is 5.76 Å². The molecular formula is C14H15N3O5. The highest BCUT2D eigenvalue weighted by molar-refractivity contribution is 6.06. The van der Waals surface area contributed by atoms with Crippen molar-refractivity contribution in [3.8, 4) is 6.07 Å². The van der Waals surface area contributed by atoms with Crippen LogP contribution in [0.15, 0.2) is 46.7 Å². The van der Waals surface area contributed by atoms with Crippen molar-refractivity contribution in [1.29, 1.82) is 5.26 Å². The number of nitrogens with zero attached hydrogens (tertiary/aromatic N) is 3. The van der Waals surface area contributed by atoms with Crippen LogP contribution in [0, 0.1) is 21.4 Å². The predicted octanol–water partition coefficient (Wildman–Crippen LogP) is 1.73. The number of nitriles is 1. The molecule has 1 aliphatic rings. The van der Waals surface area contributed by atoms with E-state index in [1.165, 1.54) is 11.0 Å². The predicted molar refractivity (Wildman–Crippen MR) is 77.1 cm³/mol. The van der Waals surface area contributed by atoms with Crippen LogP contribution in [-0.4, -0.2) is 38.9 Å². The van der Waals surface area contributed by atoms with E-state index in [0.29, 0.717) is 13.1 Å². The quantitative estimate of drug-likeness (QED) is 0.342. The van der Waals surface area contributed by atoms with Crippen molar-refractivity contribution in [2.45, 2.75) is 13.8 Å². The van der Waals surface area contributed by atoms with Crippen molar-refractivity contribution >= 4 is 5.78 Å². The number of aliphatic hydroxyl groups excluding tert-OH is 2. The third-order valence-corrected chi connectivity index (χ3v) is 3.00. The van der Waals surface area contributed by atoms with Crippen LogP contribution in [0.5, 0.6) is 0 Å². The molecule has 0 saturated carbocycles. The molecule has 0 aromatic rings. The lowest BCUT2D eigenvalue weighted by molar-refractivity contribution is -0.418. The molecule has 116 valence electrons. The van der Waals surface area contributed by atoms with Crippen LogP contribution in [0.4, 0.5) is 0 Å². The van der Waals surface area contributed by atoms with Gasteiger partial charge in [-0.1, -0.05) is 0 Å². The molecule has 0 aromatic carbocycles. The molecule has 1 aliphatic carbocycles. The molecule has 0 unspecified atom stereocenters. The van der Waals surface area contributed by atoms with Gasteiger partial charge in [0.25, 0.3) is 5.78 Å². The Morgan fingerprint density at radius 2 is 2.05 bits per heavy atom. The number of nitro groups is 1. The summed E-state index contributed by atoms with van der Waals surface area (Å²) in [5.74, 6) is -2.17. The molecule has 1 rings (SSSR count). The van der Waals surface area contributed by atoms with Crippen LogP contribution in [0.2, 0.25) is 0 Å². The number of aliphatic hydroxyl groups is 2. The number of carbonyl (C=O) groups excluding carboxylic acids is 1. The zero-order valence-corrected chi connectivity index (χ0v) is 12.1. The second-order valence-corrected chi connectivity index (χ2v) is 4.31. The highest BCUT2D eigenvalue weighted by Crippen LogP contribution is 2.20. The number of allylic oxidation sites excluding steroid dienone is 5.